The van der Waals surface area contributed by atoms with E-state index in [2.05, 4.69) is 20.3 Å². The molecule has 0 unspecified atom stereocenters. The number of nitrogens with one attached hydrogen (secondary N) is 3. The number of anilines is 3. The van der Waals surface area contributed by atoms with E-state index < -0.39 is 15.9 Å². The standard InChI is InChI=1S/C21H20N4O5S/c1-30-19-12-16(8-9-18(19)24-21(27)15-6-4-10-22-13-15)23-20(26)14-5-3-7-17(11-14)25-31(2,28)29/h3-13,25H,1-2H3,(H,23,26)(H,24,27). The number of ether oxygens (including phenoxy) is 1. The molecule has 3 aromatic rings. The number of benzene rings is 2. The minimum absolute atomic E-state index is 0.265. The summed E-state index contributed by atoms with van der Waals surface area (Å²) in [5.74, 6) is -0.438. The highest BCUT2D eigenvalue weighted by Gasteiger charge is 2.13. The van der Waals surface area contributed by atoms with Crippen LogP contribution in [0.2, 0.25) is 0 Å². The van der Waals surface area contributed by atoms with Crippen LogP contribution in [-0.4, -0.2) is 38.6 Å². The molecule has 3 rings (SSSR count). The Bertz CT molecular complexity index is 1210. The van der Waals surface area contributed by atoms with Crippen LogP contribution in [0.15, 0.2) is 67.0 Å². The van der Waals surface area contributed by atoms with Crippen molar-refractivity contribution in [3.63, 3.8) is 0 Å². The van der Waals surface area contributed by atoms with Crippen LogP contribution in [0.5, 0.6) is 5.75 Å². The second kappa shape index (κ2) is 9.26. The Labute approximate surface area is 179 Å². The van der Waals surface area contributed by atoms with Crippen molar-refractivity contribution in [2.75, 3.05) is 28.7 Å². The van der Waals surface area contributed by atoms with Gasteiger partial charge in [-0.15, -0.1) is 0 Å². The average Bonchev–Trinajstić information content (AvgIpc) is 2.74. The van der Waals surface area contributed by atoms with Gasteiger partial charge in [0.1, 0.15) is 5.75 Å². The first-order valence-electron chi connectivity index (χ1n) is 9.04. The largest absolute Gasteiger partial charge is 0.494 e. The number of carbonyl (C=O) groups is 2. The minimum atomic E-state index is -3.46. The van der Waals surface area contributed by atoms with E-state index in [9.17, 15) is 18.0 Å². The lowest BCUT2D eigenvalue weighted by Crippen LogP contribution is -2.15. The van der Waals surface area contributed by atoms with E-state index in [1.807, 2.05) is 0 Å². The predicted octanol–water partition coefficient (Wildman–Crippen LogP) is 2.97. The highest BCUT2D eigenvalue weighted by Crippen LogP contribution is 2.29. The molecule has 1 heterocycles. The number of rotatable bonds is 7. The summed E-state index contributed by atoms with van der Waals surface area (Å²) in [5, 5.41) is 5.45. The van der Waals surface area contributed by atoms with Gasteiger partial charge in [-0.2, -0.15) is 0 Å². The Hall–Kier alpha value is -3.92. The fourth-order valence-electron chi connectivity index (χ4n) is 2.71. The lowest BCUT2D eigenvalue weighted by atomic mass is 10.1. The Morgan fingerprint density at radius 1 is 0.903 bits per heavy atom. The Morgan fingerprint density at radius 3 is 2.32 bits per heavy atom. The third-order valence-corrected chi connectivity index (χ3v) is 4.67. The predicted molar refractivity (Wildman–Crippen MR) is 118 cm³/mol. The van der Waals surface area contributed by atoms with Gasteiger partial charge in [-0.3, -0.25) is 19.3 Å². The van der Waals surface area contributed by atoms with Crippen molar-refractivity contribution in [1.82, 2.24) is 4.98 Å². The molecule has 0 saturated carbocycles. The molecule has 0 fully saturated rings. The van der Waals surface area contributed by atoms with Gasteiger partial charge < -0.3 is 15.4 Å². The first-order chi connectivity index (χ1) is 14.7. The van der Waals surface area contributed by atoms with Crippen LogP contribution in [0.3, 0.4) is 0 Å². The molecule has 160 valence electrons. The van der Waals surface area contributed by atoms with Crippen molar-refractivity contribution < 1.29 is 22.7 Å². The van der Waals surface area contributed by atoms with Crippen LogP contribution in [0, 0.1) is 0 Å². The fourth-order valence-corrected chi connectivity index (χ4v) is 3.26. The van der Waals surface area contributed by atoms with Gasteiger partial charge in [0.2, 0.25) is 10.0 Å². The molecule has 0 bridgehead atoms. The van der Waals surface area contributed by atoms with Gasteiger partial charge in [0.15, 0.2) is 0 Å². The first kappa shape index (κ1) is 21.8. The summed E-state index contributed by atoms with van der Waals surface area (Å²) >= 11 is 0. The zero-order valence-electron chi connectivity index (χ0n) is 16.7. The van der Waals surface area contributed by atoms with Crippen molar-refractivity contribution in [1.29, 1.82) is 0 Å². The molecule has 0 radical (unpaired) electrons. The summed E-state index contributed by atoms with van der Waals surface area (Å²) in [6.45, 7) is 0. The van der Waals surface area contributed by atoms with E-state index in [4.69, 9.17) is 4.74 Å². The second-order valence-corrected chi connectivity index (χ2v) is 8.27. The number of hydrogen-bond donors (Lipinski definition) is 3. The maximum Gasteiger partial charge on any atom is 0.257 e. The average molecular weight is 440 g/mol. The van der Waals surface area contributed by atoms with E-state index in [0.29, 0.717) is 22.7 Å². The maximum absolute atomic E-state index is 12.6. The summed E-state index contributed by atoms with van der Waals surface area (Å²) < 4.78 is 30.4. The molecule has 31 heavy (non-hydrogen) atoms. The highest BCUT2D eigenvalue weighted by atomic mass is 32.2. The van der Waals surface area contributed by atoms with Gasteiger partial charge in [0.05, 0.1) is 24.6 Å². The summed E-state index contributed by atoms with van der Waals surface area (Å²) in [5.41, 5.74) is 1.80. The van der Waals surface area contributed by atoms with Crippen molar-refractivity contribution in [3.8, 4) is 5.75 Å². The molecule has 1 aromatic heterocycles. The van der Waals surface area contributed by atoms with E-state index in [-0.39, 0.29) is 17.2 Å². The number of pyridine rings is 1. The molecule has 9 nitrogen and oxygen atoms in total. The first-order valence-corrected chi connectivity index (χ1v) is 10.9. The Morgan fingerprint density at radius 2 is 1.65 bits per heavy atom. The van der Waals surface area contributed by atoms with Crippen molar-refractivity contribution in [3.05, 3.63) is 78.1 Å². The van der Waals surface area contributed by atoms with E-state index in [0.717, 1.165) is 6.26 Å². The smallest absolute Gasteiger partial charge is 0.257 e. The number of sulfonamides is 1. The maximum atomic E-state index is 12.6. The van der Waals surface area contributed by atoms with Gasteiger partial charge in [0.25, 0.3) is 11.8 Å². The molecule has 0 spiro atoms. The molecule has 10 heteroatoms. The van der Waals surface area contributed by atoms with Gasteiger partial charge in [0, 0.05) is 35.4 Å². The van der Waals surface area contributed by atoms with E-state index >= 15 is 0 Å². The monoisotopic (exact) mass is 440 g/mol. The van der Waals surface area contributed by atoms with Crippen LogP contribution < -0.4 is 20.1 Å². The minimum Gasteiger partial charge on any atom is -0.494 e. The summed E-state index contributed by atoms with van der Waals surface area (Å²) in [6, 6.07) is 14.2. The molecule has 0 aliphatic rings. The Balaban J connectivity index is 1.75. The third-order valence-electron chi connectivity index (χ3n) is 4.06. The van der Waals surface area contributed by atoms with Crippen molar-refractivity contribution in [2.24, 2.45) is 0 Å². The molecule has 2 aromatic carbocycles. The van der Waals surface area contributed by atoms with Crippen molar-refractivity contribution in [2.45, 2.75) is 0 Å². The van der Waals surface area contributed by atoms with Crippen LogP contribution >= 0.6 is 0 Å². The summed E-state index contributed by atoms with van der Waals surface area (Å²) in [6.07, 6.45) is 4.05. The normalized spacial score (nSPS) is 10.8. The summed E-state index contributed by atoms with van der Waals surface area (Å²) in [4.78, 5) is 28.8. The third kappa shape index (κ3) is 6.03. The van der Waals surface area contributed by atoms with Crippen LogP contribution in [0.25, 0.3) is 0 Å². The molecule has 2 amide bonds. The lowest BCUT2D eigenvalue weighted by molar-refractivity contribution is 0.101. The molecular weight excluding hydrogens is 420 g/mol. The molecule has 3 N–H and O–H groups in total. The van der Waals surface area contributed by atoms with E-state index in [1.165, 1.54) is 19.4 Å². The molecule has 0 aliphatic heterocycles. The molecule has 0 atom stereocenters. The van der Waals surface area contributed by atoms with Gasteiger partial charge in [-0.1, -0.05) is 6.07 Å². The molecule has 0 aliphatic carbocycles. The highest BCUT2D eigenvalue weighted by molar-refractivity contribution is 7.92. The number of aromatic nitrogens is 1. The number of amides is 2. The summed E-state index contributed by atoms with van der Waals surface area (Å²) in [7, 11) is -2.01. The van der Waals surface area contributed by atoms with Gasteiger partial charge in [-0.05, 0) is 42.5 Å². The zero-order chi connectivity index (χ0) is 22.4. The van der Waals surface area contributed by atoms with Crippen LogP contribution in [-0.2, 0) is 10.0 Å². The van der Waals surface area contributed by atoms with Crippen LogP contribution in [0.4, 0.5) is 17.1 Å². The van der Waals surface area contributed by atoms with Gasteiger partial charge in [-0.25, -0.2) is 8.42 Å². The number of nitrogens with zero attached hydrogens (tertiary/aromatic N) is 1. The van der Waals surface area contributed by atoms with Crippen molar-refractivity contribution >= 4 is 38.9 Å². The quantitative estimate of drug-likeness (QED) is 0.518. The van der Waals surface area contributed by atoms with E-state index in [1.54, 1.807) is 54.7 Å². The van der Waals surface area contributed by atoms with Crippen LogP contribution in [0.1, 0.15) is 20.7 Å². The topological polar surface area (TPSA) is 126 Å². The lowest BCUT2D eigenvalue weighted by Gasteiger charge is -2.13. The molecular formula is C21H20N4O5S. The zero-order valence-corrected chi connectivity index (χ0v) is 17.6. The Kier molecular flexibility index (Phi) is 6.51. The number of methoxy groups -OCH3 is 1. The van der Waals surface area contributed by atoms with Gasteiger partial charge >= 0.3 is 0 Å². The fraction of sp³-hybridized carbons (Fsp3) is 0.0952. The number of hydrogen-bond acceptors (Lipinski definition) is 6. The SMILES string of the molecule is COc1cc(NC(=O)c2cccc(NS(C)(=O)=O)c2)ccc1NC(=O)c1cccnc1. The second-order valence-electron chi connectivity index (χ2n) is 6.52. The number of carbonyl (C=O) groups excluding carboxylic acids is 2. The molecule has 0 saturated heterocycles.